The van der Waals surface area contributed by atoms with Crippen LogP contribution in [0.1, 0.15) is 19.8 Å². The van der Waals surface area contributed by atoms with Crippen LogP contribution in [-0.4, -0.2) is 35.5 Å². The molecule has 0 rings (SSSR count). The second-order valence-electron chi connectivity index (χ2n) is 3.41. The lowest BCUT2D eigenvalue weighted by Gasteiger charge is -2.17. The molecule has 0 aromatic carbocycles. The average molecular weight is 231 g/mol. The highest BCUT2D eigenvalue weighted by Gasteiger charge is 2.24. The summed E-state index contributed by atoms with van der Waals surface area (Å²) in [5.74, 6) is -3.00. The molecule has 2 atom stereocenters. The van der Waals surface area contributed by atoms with E-state index in [9.17, 15) is 14.4 Å². The Hall–Kier alpha value is -1.63. The van der Waals surface area contributed by atoms with Gasteiger partial charge in [0, 0.05) is 12.5 Å². The molecule has 0 saturated carbocycles. The maximum Gasteiger partial charge on any atom is 0.326 e. The third kappa shape index (κ3) is 4.74. The van der Waals surface area contributed by atoms with E-state index in [4.69, 9.17) is 16.6 Å². The number of carbonyl (C=O) groups excluding carboxylic acids is 2. The van der Waals surface area contributed by atoms with Crippen molar-refractivity contribution >= 4 is 17.8 Å². The minimum Gasteiger partial charge on any atom is -0.480 e. The highest BCUT2D eigenvalue weighted by Crippen LogP contribution is 2.02. The van der Waals surface area contributed by atoms with Crippen molar-refractivity contribution < 1.29 is 19.5 Å². The molecule has 0 heterocycles. The fourth-order valence-electron chi connectivity index (χ4n) is 1.15. The topological polar surface area (TPSA) is 136 Å². The Balaban J connectivity index is 4.44. The summed E-state index contributed by atoms with van der Waals surface area (Å²) in [5, 5.41) is 11.0. The highest BCUT2D eigenvalue weighted by atomic mass is 16.4. The van der Waals surface area contributed by atoms with Crippen molar-refractivity contribution in [2.45, 2.75) is 25.8 Å². The number of rotatable bonds is 7. The van der Waals surface area contributed by atoms with Crippen molar-refractivity contribution in [2.75, 3.05) is 6.54 Å². The number of carboxylic acids is 1. The molecule has 7 nitrogen and oxygen atoms in total. The molecule has 0 radical (unpaired) electrons. The fourth-order valence-corrected chi connectivity index (χ4v) is 1.15. The minimum absolute atomic E-state index is 0.130. The van der Waals surface area contributed by atoms with Gasteiger partial charge in [-0.15, -0.1) is 0 Å². The van der Waals surface area contributed by atoms with Crippen LogP contribution in [0.5, 0.6) is 0 Å². The van der Waals surface area contributed by atoms with Crippen LogP contribution in [0.3, 0.4) is 0 Å². The SMILES string of the molecule is CCC(CN)C(=O)N[C@H](CC(N)=O)C(=O)O. The number of carboxylic acid groups (broad SMARTS) is 1. The first-order valence-corrected chi connectivity index (χ1v) is 4.93. The van der Waals surface area contributed by atoms with Gasteiger partial charge in [0.2, 0.25) is 11.8 Å². The number of hydrogen-bond donors (Lipinski definition) is 4. The first-order valence-electron chi connectivity index (χ1n) is 4.93. The Morgan fingerprint density at radius 3 is 2.25 bits per heavy atom. The summed E-state index contributed by atoms with van der Waals surface area (Å²) in [4.78, 5) is 32.8. The molecular formula is C9H17N3O4. The zero-order valence-corrected chi connectivity index (χ0v) is 9.10. The summed E-state index contributed by atoms with van der Waals surface area (Å²) >= 11 is 0. The van der Waals surface area contributed by atoms with Gasteiger partial charge in [-0.25, -0.2) is 4.79 Å². The molecule has 0 fully saturated rings. The number of hydrogen-bond acceptors (Lipinski definition) is 4. The molecule has 0 aliphatic carbocycles. The van der Waals surface area contributed by atoms with Crippen molar-refractivity contribution in [3.05, 3.63) is 0 Å². The first kappa shape index (κ1) is 14.4. The summed E-state index contributed by atoms with van der Waals surface area (Å²) < 4.78 is 0. The van der Waals surface area contributed by atoms with Gasteiger partial charge in [0.05, 0.1) is 6.42 Å². The second-order valence-corrected chi connectivity index (χ2v) is 3.41. The number of nitrogens with one attached hydrogen (secondary N) is 1. The van der Waals surface area contributed by atoms with Gasteiger partial charge in [0.25, 0.3) is 0 Å². The largest absolute Gasteiger partial charge is 0.480 e. The van der Waals surface area contributed by atoms with E-state index in [2.05, 4.69) is 5.32 Å². The van der Waals surface area contributed by atoms with Crippen molar-refractivity contribution in [1.82, 2.24) is 5.32 Å². The van der Waals surface area contributed by atoms with E-state index in [0.717, 1.165) is 0 Å². The van der Waals surface area contributed by atoms with E-state index >= 15 is 0 Å². The molecule has 0 aromatic heterocycles. The molecule has 0 aromatic rings. The summed E-state index contributed by atoms with van der Waals surface area (Å²) in [5.41, 5.74) is 10.2. The number of primary amides is 1. The summed E-state index contributed by atoms with van der Waals surface area (Å²) in [6.45, 7) is 1.90. The molecule has 0 saturated heterocycles. The van der Waals surface area contributed by atoms with E-state index in [1.165, 1.54) is 0 Å². The quantitative estimate of drug-likeness (QED) is 0.419. The monoisotopic (exact) mass is 231 g/mol. The van der Waals surface area contributed by atoms with Crippen LogP contribution >= 0.6 is 0 Å². The molecule has 1 unspecified atom stereocenters. The van der Waals surface area contributed by atoms with Crippen LogP contribution in [0.4, 0.5) is 0 Å². The van der Waals surface area contributed by atoms with Crippen LogP contribution in [0.15, 0.2) is 0 Å². The number of aliphatic carboxylic acids is 1. The van der Waals surface area contributed by atoms with Crippen molar-refractivity contribution in [2.24, 2.45) is 17.4 Å². The molecule has 6 N–H and O–H groups in total. The summed E-state index contributed by atoms with van der Waals surface area (Å²) in [7, 11) is 0. The van der Waals surface area contributed by atoms with Gasteiger partial charge >= 0.3 is 5.97 Å². The van der Waals surface area contributed by atoms with E-state index in [1.807, 2.05) is 0 Å². The summed E-state index contributed by atoms with van der Waals surface area (Å²) in [6, 6.07) is -1.29. The van der Waals surface area contributed by atoms with Gasteiger partial charge in [-0.3, -0.25) is 9.59 Å². The van der Waals surface area contributed by atoms with Crippen LogP contribution in [0.25, 0.3) is 0 Å². The smallest absolute Gasteiger partial charge is 0.326 e. The van der Waals surface area contributed by atoms with Gasteiger partial charge < -0.3 is 21.9 Å². The van der Waals surface area contributed by atoms with Gasteiger partial charge in [0.1, 0.15) is 6.04 Å². The molecular weight excluding hydrogens is 214 g/mol. The van der Waals surface area contributed by atoms with E-state index in [-0.39, 0.29) is 6.54 Å². The standard InChI is InChI=1S/C9H17N3O4/c1-2-5(4-10)8(14)12-6(9(15)16)3-7(11)13/h5-6H,2-4,10H2,1H3,(H2,11,13)(H,12,14)(H,15,16)/t5?,6-/m1/s1. The minimum atomic E-state index is -1.29. The predicted molar refractivity (Wildman–Crippen MR) is 56.2 cm³/mol. The fraction of sp³-hybridized carbons (Fsp3) is 0.667. The lowest BCUT2D eigenvalue weighted by molar-refractivity contribution is -0.143. The summed E-state index contributed by atoms with van der Waals surface area (Å²) in [6.07, 6.45) is 0.0767. The Kier molecular flexibility index (Phi) is 6.09. The zero-order chi connectivity index (χ0) is 12.7. The van der Waals surface area contributed by atoms with Crippen LogP contribution in [0, 0.1) is 5.92 Å². The second kappa shape index (κ2) is 6.78. The maximum absolute atomic E-state index is 11.5. The van der Waals surface area contributed by atoms with Gasteiger partial charge in [-0.05, 0) is 6.42 Å². The third-order valence-corrected chi connectivity index (χ3v) is 2.17. The van der Waals surface area contributed by atoms with E-state index in [1.54, 1.807) is 6.92 Å². The number of amides is 2. The van der Waals surface area contributed by atoms with E-state index in [0.29, 0.717) is 6.42 Å². The Labute approximate surface area is 93.2 Å². The average Bonchev–Trinajstić information content (AvgIpc) is 2.17. The predicted octanol–water partition coefficient (Wildman–Crippen LogP) is -1.58. The highest BCUT2D eigenvalue weighted by molar-refractivity contribution is 5.88. The van der Waals surface area contributed by atoms with Crippen molar-refractivity contribution in [1.29, 1.82) is 0 Å². The normalized spacial score (nSPS) is 13.9. The molecule has 0 bridgehead atoms. The van der Waals surface area contributed by atoms with Gasteiger partial charge in [0.15, 0.2) is 0 Å². The molecule has 7 heteroatoms. The number of nitrogens with two attached hydrogens (primary N) is 2. The Bertz CT molecular complexity index is 276. The molecule has 0 aliphatic heterocycles. The van der Waals surface area contributed by atoms with Crippen molar-refractivity contribution in [3.8, 4) is 0 Å². The molecule has 0 spiro atoms. The van der Waals surface area contributed by atoms with Gasteiger partial charge in [-0.2, -0.15) is 0 Å². The number of carbonyl (C=O) groups is 3. The van der Waals surface area contributed by atoms with E-state index < -0.39 is 36.2 Å². The lowest BCUT2D eigenvalue weighted by atomic mass is 10.1. The lowest BCUT2D eigenvalue weighted by Crippen LogP contribution is -2.46. The van der Waals surface area contributed by atoms with Crippen molar-refractivity contribution in [3.63, 3.8) is 0 Å². The zero-order valence-electron chi connectivity index (χ0n) is 9.10. The molecule has 92 valence electrons. The van der Waals surface area contributed by atoms with Crippen LogP contribution in [0.2, 0.25) is 0 Å². The third-order valence-electron chi connectivity index (χ3n) is 2.17. The maximum atomic E-state index is 11.5. The Morgan fingerprint density at radius 2 is 1.94 bits per heavy atom. The van der Waals surface area contributed by atoms with Crippen LogP contribution in [-0.2, 0) is 14.4 Å². The first-order chi connectivity index (χ1) is 7.42. The molecule has 2 amide bonds. The van der Waals surface area contributed by atoms with Gasteiger partial charge in [-0.1, -0.05) is 6.92 Å². The van der Waals surface area contributed by atoms with Crippen LogP contribution < -0.4 is 16.8 Å². The molecule has 16 heavy (non-hydrogen) atoms. The molecule has 0 aliphatic rings. The Morgan fingerprint density at radius 1 is 1.38 bits per heavy atom.